The van der Waals surface area contributed by atoms with Gasteiger partial charge in [0.15, 0.2) is 5.13 Å². The molecule has 106 valence electrons. The highest BCUT2D eigenvalue weighted by Gasteiger charge is 2.33. The third-order valence-corrected chi connectivity index (χ3v) is 4.33. The first-order valence-corrected chi connectivity index (χ1v) is 7.43. The van der Waals surface area contributed by atoms with E-state index in [1.54, 1.807) is 12.1 Å². The number of anilines is 1. The molecule has 0 radical (unpaired) electrons. The Morgan fingerprint density at radius 3 is 3.05 bits per heavy atom. The molecule has 1 unspecified atom stereocenters. The highest BCUT2D eigenvalue weighted by Crippen LogP contribution is 2.38. The minimum Gasteiger partial charge on any atom is -0.375 e. The molecule has 0 aliphatic carbocycles. The Labute approximate surface area is 120 Å². The van der Waals surface area contributed by atoms with E-state index in [0.29, 0.717) is 10.7 Å². The minimum absolute atomic E-state index is 0.0433. The smallest absolute Gasteiger partial charge is 0.180 e. The number of aliphatic hydroxyl groups is 1. The lowest BCUT2D eigenvalue weighted by molar-refractivity contribution is -0.00888. The molecular formula is C14H16FN3OS. The Bertz CT molecular complexity index is 604. The summed E-state index contributed by atoms with van der Waals surface area (Å²) in [5.41, 5.74) is 7.13. The van der Waals surface area contributed by atoms with E-state index in [1.165, 1.54) is 23.5 Å². The number of halogens is 1. The lowest BCUT2D eigenvalue weighted by atomic mass is 10.1. The van der Waals surface area contributed by atoms with Crippen molar-refractivity contribution in [3.63, 3.8) is 0 Å². The van der Waals surface area contributed by atoms with Crippen molar-refractivity contribution in [3.8, 4) is 0 Å². The zero-order valence-electron chi connectivity index (χ0n) is 10.9. The van der Waals surface area contributed by atoms with Gasteiger partial charge in [0.05, 0.1) is 11.7 Å². The van der Waals surface area contributed by atoms with Gasteiger partial charge in [0.2, 0.25) is 0 Å². The third kappa shape index (κ3) is 2.54. The fraction of sp³-hybridized carbons (Fsp3) is 0.357. The molecule has 3 N–H and O–H groups in total. The van der Waals surface area contributed by atoms with Gasteiger partial charge in [-0.3, -0.25) is 4.90 Å². The van der Waals surface area contributed by atoms with E-state index in [2.05, 4.69) is 4.98 Å². The van der Waals surface area contributed by atoms with Crippen molar-refractivity contribution in [2.24, 2.45) is 0 Å². The Balaban J connectivity index is 1.85. The number of rotatable bonds is 3. The molecule has 0 bridgehead atoms. The normalized spacial score (nSPS) is 21.2. The molecule has 1 aromatic heterocycles. The molecule has 3 rings (SSSR count). The summed E-state index contributed by atoms with van der Waals surface area (Å²) in [7, 11) is 0. The largest absolute Gasteiger partial charge is 0.375 e. The monoisotopic (exact) mass is 293 g/mol. The minimum atomic E-state index is -0.818. The molecule has 0 saturated carbocycles. The van der Waals surface area contributed by atoms with Gasteiger partial charge in [-0.1, -0.05) is 12.1 Å². The molecule has 0 amide bonds. The molecule has 1 aromatic carbocycles. The van der Waals surface area contributed by atoms with Gasteiger partial charge in [0.1, 0.15) is 12.0 Å². The maximum Gasteiger partial charge on any atom is 0.180 e. The van der Waals surface area contributed by atoms with E-state index < -0.39 is 6.23 Å². The molecule has 6 heteroatoms. The van der Waals surface area contributed by atoms with E-state index in [9.17, 15) is 9.50 Å². The van der Waals surface area contributed by atoms with Crippen molar-refractivity contribution in [3.05, 3.63) is 46.7 Å². The first kappa shape index (κ1) is 13.5. The average molecular weight is 293 g/mol. The quantitative estimate of drug-likeness (QED) is 0.913. The summed E-state index contributed by atoms with van der Waals surface area (Å²) in [6.07, 6.45) is 1.09. The molecule has 4 nitrogen and oxygen atoms in total. The second kappa shape index (κ2) is 5.47. The first-order chi connectivity index (χ1) is 9.65. The van der Waals surface area contributed by atoms with Gasteiger partial charge in [-0.05, 0) is 30.5 Å². The standard InChI is InChI=1S/C14H16FN3OS/c15-10-4-1-3-9(7-10)13(19)18-6-2-5-12(18)11-8-20-14(16)17-11/h1,3-4,7-8,12-13,19H,2,5-6H2,(H2,16,17)/t12?,13-/m1/s1. The van der Waals surface area contributed by atoms with Gasteiger partial charge in [-0.15, -0.1) is 11.3 Å². The summed E-state index contributed by atoms with van der Waals surface area (Å²) in [5.74, 6) is -0.338. The Kier molecular flexibility index (Phi) is 3.69. The van der Waals surface area contributed by atoms with Crippen molar-refractivity contribution in [2.45, 2.75) is 25.1 Å². The summed E-state index contributed by atoms with van der Waals surface area (Å²) in [6.45, 7) is 0.764. The highest BCUT2D eigenvalue weighted by molar-refractivity contribution is 7.13. The summed E-state index contributed by atoms with van der Waals surface area (Å²) in [4.78, 5) is 6.25. The SMILES string of the molecule is Nc1nc(C2CCCN2[C@H](O)c2cccc(F)c2)cs1. The average Bonchev–Trinajstić information content (AvgIpc) is 3.06. The predicted octanol–water partition coefficient (Wildman–Crippen LogP) is 2.69. The van der Waals surface area contributed by atoms with Crippen LogP contribution in [0.5, 0.6) is 0 Å². The number of likely N-dealkylation sites (tertiary alicyclic amines) is 1. The molecule has 2 aromatic rings. The van der Waals surface area contributed by atoms with Crippen molar-refractivity contribution in [2.75, 3.05) is 12.3 Å². The van der Waals surface area contributed by atoms with Gasteiger partial charge in [-0.25, -0.2) is 9.37 Å². The highest BCUT2D eigenvalue weighted by atomic mass is 32.1. The number of hydrogen-bond donors (Lipinski definition) is 2. The van der Waals surface area contributed by atoms with Crippen LogP contribution in [0.4, 0.5) is 9.52 Å². The summed E-state index contributed by atoms with van der Waals surface area (Å²) in [5, 5.41) is 12.9. The fourth-order valence-electron chi connectivity index (χ4n) is 2.71. The van der Waals surface area contributed by atoms with E-state index in [4.69, 9.17) is 5.73 Å². The van der Waals surface area contributed by atoms with E-state index in [0.717, 1.165) is 25.1 Å². The van der Waals surface area contributed by atoms with Crippen LogP contribution in [0.25, 0.3) is 0 Å². The zero-order valence-corrected chi connectivity index (χ0v) is 11.7. The van der Waals surface area contributed by atoms with Crippen LogP contribution in [0, 0.1) is 5.82 Å². The molecule has 1 saturated heterocycles. The van der Waals surface area contributed by atoms with Gasteiger partial charge in [0, 0.05) is 11.9 Å². The van der Waals surface area contributed by atoms with Crippen LogP contribution in [-0.2, 0) is 0 Å². The number of benzene rings is 1. The number of nitrogen functional groups attached to an aromatic ring is 1. The molecule has 0 spiro atoms. The first-order valence-electron chi connectivity index (χ1n) is 6.55. The van der Waals surface area contributed by atoms with Gasteiger partial charge in [-0.2, -0.15) is 0 Å². The second-order valence-corrected chi connectivity index (χ2v) is 5.82. The second-order valence-electron chi connectivity index (χ2n) is 4.94. The molecule has 1 fully saturated rings. The zero-order chi connectivity index (χ0) is 14.1. The number of aromatic nitrogens is 1. The molecule has 2 atom stereocenters. The third-order valence-electron chi connectivity index (χ3n) is 3.64. The lowest BCUT2D eigenvalue weighted by Gasteiger charge is -2.28. The van der Waals surface area contributed by atoms with Gasteiger partial charge < -0.3 is 10.8 Å². The predicted molar refractivity (Wildman–Crippen MR) is 76.6 cm³/mol. The summed E-state index contributed by atoms with van der Waals surface area (Å²) < 4.78 is 13.3. The number of aliphatic hydroxyl groups excluding tert-OH is 1. The number of thiazole rings is 1. The molecule has 1 aliphatic rings. The van der Waals surface area contributed by atoms with Crippen molar-refractivity contribution in [1.82, 2.24) is 9.88 Å². The van der Waals surface area contributed by atoms with Crippen LogP contribution in [0.2, 0.25) is 0 Å². The molecule has 2 heterocycles. The van der Waals surface area contributed by atoms with Crippen LogP contribution in [0.1, 0.15) is 36.4 Å². The van der Waals surface area contributed by atoms with Crippen LogP contribution in [-0.4, -0.2) is 21.5 Å². The fourth-order valence-corrected chi connectivity index (χ4v) is 3.32. The summed E-state index contributed by atoms with van der Waals surface area (Å²) in [6, 6.07) is 6.13. The molecular weight excluding hydrogens is 277 g/mol. The van der Waals surface area contributed by atoms with Gasteiger partial charge >= 0.3 is 0 Å². The molecule has 1 aliphatic heterocycles. The van der Waals surface area contributed by atoms with Crippen LogP contribution in [0.3, 0.4) is 0 Å². The topological polar surface area (TPSA) is 62.4 Å². The maximum absolute atomic E-state index is 13.3. The van der Waals surface area contributed by atoms with Gasteiger partial charge in [0.25, 0.3) is 0 Å². The Morgan fingerprint density at radius 2 is 2.35 bits per heavy atom. The molecule has 20 heavy (non-hydrogen) atoms. The van der Waals surface area contributed by atoms with E-state index in [1.807, 2.05) is 10.3 Å². The van der Waals surface area contributed by atoms with E-state index >= 15 is 0 Å². The Morgan fingerprint density at radius 1 is 1.50 bits per heavy atom. The van der Waals surface area contributed by atoms with Crippen molar-refractivity contribution < 1.29 is 9.50 Å². The Hall–Kier alpha value is -1.50. The van der Waals surface area contributed by atoms with Crippen LogP contribution in [0.15, 0.2) is 29.6 Å². The van der Waals surface area contributed by atoms with Crippen molar-refractivity contribution >= 4 is 16.5 Å². The van der Waals surface area contributed by atoms with Crippen LogP contribution < -0.4 is 5.73 Å². The van der Waals surface area contributed by atoms with Crippen LogP contribution >= 0.6 is 11.3 Å². The summed E-state index contributed by atoms with van der Waals surface area (Å²) >= 11 is 1.40. The lowest BCUT2D eigenvalue weighted by Crippen LogP contribution is -2.28. The number of hydrogen-bond acceptors (Lipinski definition) is 5. The van der Waals surface area contributed by atoms with E-state index in [-0.39, 0.29) is 11.9 Å². The maximum atomic E-state index is 13.3. The van der Waals surface area contributed by atoms with Crippen molar-refractivity contribution in [1.29, 1.82) is 0 Å². The number of nitrogens with zero attached hydrogens (tertiary/aromatic N) is 2. The number of nitrogens with two attached hydrogens (primary N) is 1.